The summed E-state index contributed by atoms with van der Waals surface area (Å²) in [5.41, 5.74) is 9.15. The molecular formula is C17H25NO. The van der Waals surface area contributed by atoms with Gasteiger partial charge in [-0.25, -0.2) is 0 Å². The van der Waals surface area contributed by atoms with Crippen LogP contribution in [0.3, 0.4) is 0 Å². The first-order valence-electron chi connectivity index (χ1n) is 7.80. The quantitative estimate of drug-likeness (QED) is 0.870. The van der Waals surface area contributed by atoms with E-state index in [9.17, 15) is 0 Å². The number of nitrogens with two attached hydrogens (primary N) is 1. The number of hydrogen-bond acceptors (Lipinski definition) is 2. The molecule has 1 aromatic carbocycles. The highest BCUT2D eigenvalue weighted by Gasteiger charge is 2.21. The second-order valence-electron chi connectivity index (χ2n) is 6.12. The molecule has 1 saturated carbocycles. The van der Waals surface area contributed by atoms with Gasteiger partial charge in [0.1, 0.15) is 0 Å². The highest BCUT2D eigenvalue weighted by atomic mass is 16.5. The van der Waals surface area contributed by atoms with Crippen molar-refractivity contribution in [3.05, 3.63) is 35.4 Å². The van der Waals surface area contributed by atoms with Gasteiger partial charge in [0.2, 0.25) is 0 Å². The predicted octanol–water partition coefficient (Wildman–Crippen LogP) is 3.91. The van der Waals surface area contributed by atoms with Gasteiger partial charge in [0.05, 0.1) is 6.10 Å². The maximum atomic E-state index is 6.35. The number of hydrogen-bond donors (Lipinski definition) is 1. The highest BCUT2D eigenvalue weighted by Crippen LogP contribution is 2.37. The maximum Gasteiger partial charge on any atom is 0.0576 e. The molecule has 2 atom stereocenters. The largest absolute Gasteiger partial charge is 0.378 e. The molecule has 1 saturated heterocycles. The summed E-state index contributed by atoms with van der Waals surface area (Å²) in [6, 6.07) is 9.13. The Morgan fingerprint density at radius 2 is 2.11 bits per heavy atom. The molecule has 1 aliphatic heterocycles. The maximum absolute atomic E-state index is 6.35. The third kappa shape index (κ3) is 3.18. The first-order valence-corrected chi connectivity index (χ1v) is 7.80. The Labute approximate surface area is 116 Å². The smallest absolute Gasteiger partial charge is 0.0576 e. The van der Waals surface area contributed by atoms with Crippen molar-refractivity contribution in [2.75, 3.05) is 6.61 Å². The zero-order valence-corrected chi connectivity index (χ0v) is 11.7. The second kappa shape index (κ2) is 6.06. The summed E-state index contributed by atoms with van der Waals surface area (Å²) in [6.07, 6.45) is 9.14. The minimum Gasteiger partial charge on any atom is -0.378 e. The topological polar surface area (TPSA) is 35.2 Å². The molecule has 2 nitrogen and oxygen atoms in total. The van der Waals surface area contributed by atoms with Gasteiger partial charge in [0.25, 0.3) is 0 Å². The van der Waals surface area contributed by atoms with Crippen LogP contribution in [0.25, 0.3) is 0 Å². The van der Waals surface area contributed by atoms with Crippen molar-refractivity contribution >= 4 is 0 Å². The molecule has 2 aliphatic rings. The summed E-state index contributed by atoms with van der Waals surface area (Å²) in [6.45, 7) is 0.942. The summed E-state index contributed by atoms with van der Waals surface area (Å²) < 4.78 is 5.67. The van der Waals surface area contributed by atoms with Crippen LogP contribution in [0.1, 0.15) is 68.0 Å². The van der Waals surface area contributed by atoms with E-state index in [0.717, 1.165) is 25.4 Å². The minimum atomic E-state index is 0.171. The Balaban J connectivity index is 1.57. The zero-order valence-electron chi connectivity index (χ0n) is 11.7. The molecule has 2 fully saturated rings. The molecule has 1 aliphatic carbocycles. The Hall–Kier alpha value is -0.860. The molecule has 104 valence electrons. The SMILES string of the molecule is NC(CCC1CCCO1)c1cccc(C2CCC2)c1. The molecule has 3 rings (SSSR count). The predicted molar refractivity (Wildman–Crippen MR) is 78.2 cm³/mol. The van der Waals surface area contributed by atoms with E-state index in [0.29, 0.717) is 6.10 Å². The van der Waals surface area contributed by atoms with Gasteiger partial charge in [-0.05, 0) is 55.6 Å². The first kappa shape index (κ1) is 13.1. The van der Waals surface area contributed by atoms with Gasteiger partial charge in [-0.2, -0.15) is 0 Å². The Morgan fingerprint density at radius 3 is 2.79 bits per heavy atom. The van der Waals surface area contributed by atoms with Gasteiger partial charge in [0, 0.05) is 12.6 Å². The molecule has 2 heteroatoms. The molecule has 0 bridgehead atoms. The monoisotopic (exact) mass is 259 g/mol. The Bertz CT molecular complexity index is 407. The fourth-order valence-electron chi connectivity index (χ4n) is 3.19. The van der Waals surface area contributed by atoms with Crippen LogP contribution in [0.5, 0.6) is 0 Å². The van der Waals surface area contributed by atoms with Gasteiger partial charge in [-0.1, -0.05) is 30.7 Å². The van der Waals surface area contributed by atoms with Crippen LogP contribution < -0.4 is 5.73 Å². The molecular weight excluding hydrogens is 234 g/mol. The minimum absolute atomic E-state index is 0.171. The molecule has 1 aromatic rings. The van der Waals surface area contributed by atoms with Crippen molar-refractivity contribution < 1.29 is 4.74 Å². The molecule has 0 amide bonds. The van der Waals surface area contributed by atoms with Crippen molar-refractivity contribution in [2.45, 2.75) is 63.0 Å². The van der Waals surface area contributed by atoms with Crippen LogP contribution in [0.15, 0.2) is 24.3 Å². The molecule has 0 radical (unpaired) electrons. The van der Waals surface area contributed by atoms with E-state index in [1.807, 2.05) is 0 Å². The molecule has 1 heterocycles. The fourth-order valence-corrected chi connectivity index (χ4v) is 3.19. The van der Waals surface area contributed by atoms with Crippen LogP contribution in [0.2, 0.25) is 0 Å². The van der Waals surface area contributed by atoms with E-state index in [2.05, 4.69) is 24.3 Å². The van der Waals surface area contributed by atoms with Crippen molar-refractivity contribution in [2.24, 2.45) is 5.73 Å². The van der Waals surface area contributed by atoms with E-state index in [1.54, 1.807) is 0 Å². The van der Waals surface area contributed by atoms with Gasteiger partial charge in [-0.15, -0.1) is 0 Å². The third-order valence-corrected chi connectivity index (χ3v) is 4.74. The lowest BCUT2D eigenvalue weighted by Crippen LogP contribution is -2.15. The summed E-state index contributed by atoms with van der Waals surface area (Å²) in [4.78, 5) is 0. The van der Waals surface area contributed by atoms with Crippen LogP contribution in [-0.4, -0.2) is 12.7 Å². The lowest BCUT2D eigenvalue weighted by molar-refractivity contribution is 0.101. The van der Waals surface area contributed by atoms with Gasteiger partial charge < -0.3 is 10.5 Å². The van der Waals surface area contributed by atoms with Crippen LogP contribution in [0.4, 0.5) is 0 Å². The number of rotatable bonds is 5. The molecule has 0 aromatic heterocycles. The van der Waals surface area contributed by atoms with E-state index in [1.165, 1.54) is 43.2 Å². The lowest BCUT2D eigenvalue weighted by Gasteiger charge is -2.26. The molecule has 2 unspecified atom stereocenters. The summed E-state index contributed by atoms with van der Waals surface area (Å²) in [5.74, 6) is 0.797. The molecule has 19 heavy (non-hydrogen) atoms. The van der Waals surface area contributed by atoms with Crippen molar-refractivity contribution in [1.29, 1.82) is 0 Å². The van der Waals surface area contributed by atoms with Crippen molar-refractivity contribution in [3.63, 3.8) is 0 Å². The first-order chi connectivity index (χ1) is 9.33. The van der Waals surface area contributed by atoms with Gasteiger partial charge in [0.15, 0.2) is 0 Å². The van der Waals surface area contributed by atoms with E-state index >= 15 is 0 Å². The van der Waals surface area contributed by atoms with Crippen molar-refractivity contribution in [3.8, 4) is 0 Å². The lowest BCUT2D eigenvalue weighted by atomic mass is 9.79. The van der Waals surface area contributed by atoms with Gasteiger partial charge >= 0.3 is 0 Å². The average Bonchev–Trinajstić information content (AvgIpc) is 2.87. The average molecular weight is 259 g/mol. The van der Waals surface area contributed by atoms with E-state index in [-0.39, 0.29) is 6.04 Å². The summed E-state index contributed by atoms with van der Waals surface area (Å²) in [5, 5.41) is 0. The molecule has 2 N–H and O–H groups in total. The second-order valence-corrected chi connectivity index (χ2v) is 6.12. The summed E-state index contributed by atoms with van der Waals surface area (Å²) in [7, 11) is 0. The standard InChI is InChI=1S/C17H25NO/c18-17(10-9-16-8-3-11-19-16)15-7-2-6-14(12-15)13-4-1-5-13/h2,6-7,12-13,16-17H,1,3-5,8-11,18H2. The van der Waals surface area contributed by atoms with E-state index in [4.69, 9.17) is 10.5 Å². The normalized spacial score (nSPS) is 25.2. The van der Waals surface area contributed by atoms with Crippen LogP contribution in [0, 0.1) is 0 Å². The number of ether oxygens (including phenoxy) is 1. The Morgan fingerprint density at radius 1 is 1.21 bits per heavy atom. The fraction of sp³-hybridized carbons (Fsp3) is 0.647. The van der Waals surface area contributed by atoms with E-state index < -0.39 is 0 Å². The number of benzene rings is 1. The summed E-state index contributed by atoms with van der Waals surface area (Å²) >= 11 is 0. The highest BCUT2D eigenvalue weighted by molar-refractivity contribution is 5.29. The zero-order chi connectivity index (χ0) is 13.1. The van der Waals surface area contributed by atoms with Gasteiger partial charge in [-0.3, -0.25) is 0 Å². The Kier molecular flexibility index (Phi) is 4.19. The van der Waals surface area contributed by atoms with Crippen molar-refractivity contribution in [1.82, 2.24) is 0 Å². The molecule has 0 spiro atoms. The third-order valence-electron chi connectivity index (χ3n) is 4.74. The van der Waals surface area contributed by atoms with Crippen LogP contribution >= 0.6 is 0 Å². The van der Waals surface area contributed by atoms with Crippen LogP contribution in [-0.2, 0) is 4.74 Å².